The first kappa shape index (κ1) is 21.5. The average Bonchev–Trinajstić information content (AvgIpc) is 3.00. The third-order valence-corrected chi connectivity index (χ3v) is 6.93. The van der Waals surface area contributed by atoms with Crippen LogP contribution in [0.1, 0.15) is 30.5 Å². The third-order valence-electron chi connectivity index (χ3n) is 5.63. The third kappa shape index (κ3) is 4.92. The summed E-state index contributed by atoms with van der Waals surface area (Å²) in [5.74, 6) is -0.778. The van der Waals surface area contributed by atoms with Crippen molar-refractivity contribution in [1.82, 2.24) is 4.90 Å². The number of benzene rings is 2. The molecule has 0 bridgehead atoms. The molecule has 2 aliphatic heterocycles. The minimum atomic E-state index is -3.85. The van der Waals surface area contributed by atoms with E-state index in [4.69, 9.17) is 13.7 Å². The lowest BCUT2D eigenvalue weighted by atomic mass is 9.99. The molecule has 0 N–H and O–H groups in total. The zero-order chi connectivity index (χ0) is 21.4. The standard InChI is InChI=1S/C23H29NO5S/c1-17-8-10-20(11-9-17)30(25,26)27-16-22-21(28-23(2,3)29-22)15-24-13-12-18-6-4-5-7-19(18)14-24/h4-11,21-22H,12-16H2,1-3H3/t21-,22-/m1/s1. The summed E-state index contributed by atoms with van der Waals surface area (Å²) in [5, 5.41) is 0. The summed E-state index contributed by atoms with van der Waals surface area (Å²) < 4.78 is 42.6. The van der Waals surface area contributed by atoms with E-state index in [1.165, 1.54) is 11.1 Å². The molecule has 0 radical (unpaired) electrons. The van der Waals surface area contributed by atoms with Gasteiger partial charge < -0.3 is 9.47 Å². The number of rotatable bonds is 6. The summed E-state index contributed by atoms with van der Waals surface area (Å²) in [7, 11) is -3.85. The van der Waals surface area contributed by atoms with Gasteiger partial charge in [0.2, 0.25) is 0 Å². The summed E-state index contributed by atoms with van der Waals surface area (Å²) in [6.07, 6.45) is 0.270. The monoisotopic (exact) mass is 431 g/mol. The Morgan fingerprint density at radius 3 is 2.43 bits per heavy atom. The molecular weight excluding hydrogens is 402 g/mol. The topological polar surface area (TPSA) is 65.1 Å². The highest BCUT2D eigenvalue weighted by Crippen LogP contribution is 2.31. The van der Waals surface area contributed by atoms with Gasteiger partial charge in [-0.15, -0.1) is 0 Å². The van der Waals surface area contributed by atoms with Gasteiger partial charge in [0.05, 0.1) is 11.5 Å². The number of hydrogen-bond donors (Lipinski definition) is 0. The van der Waals surface area contributed by atoms with Gasteiger partial charge in [0.15, 0.2) is 5.79 Å². The van der Waals surface area contributed by atoms with Crippen LogP contribution in [0.4, 0.5) is 0 Å². The number of hydrogen-bond acceptors (Lipinski definition) is 6. The Labute approximate surface area is 178 Å². The molecule has 0 saturated carbocycles. The first-order chi connectivity index (χ1) is 14.2. The van der Waals surface area contributed by atoms with Crippen molar-refractivity contribution in [2.24, 2.45) is 0 Å². The molecule has 162 valence electrons. The number of ether oxygens (including phenoxy) is 2. The Kier molecular flexibility index (Phi) is 6.01. The summed E-state index contributed by atoms with van der Waals surface area (Å²) in [6.45, 7) is 7.98. The zero-order valence-electron chi connectivity index (χ0n) is 17.7. The Hall–Kier alpha value is -1.77. The van der Waals surface area contributed by atoms with Gasteiger partial charge >= 0.3 is 0 Å². The van der Waals surface area contributed by atoms with Crippen molar-refractivity contribution in [2.45, 2.75) is 56.6 Å². The molecule has 4 rings (SSSR count). The molecule has 2 heterocycles. The highest BCUT2D eigenvalue weighted by atomic mass is 32.2. The van der Waals surface area contributed by atoms with Crippen molar-refractivity contribution in [2.75, 3.05) is 19.7 Å². The van der Waals surface area contributed by atoms with Gasteiger partial charge in [0.25, 0.3) is 10.1 Å². The first-order valence-electron chi connectivity index (χ1n) is 10.3. The van der Waals surface area contributed by atoms with Crippen LogP contribution in [-0.4, -0.2) is 51.0 Å². The molecule has 2 aliphatic rings. The van der Waals surface area contributed by atoms with E-state index in [0.717, 1.165) is 25.1 Å². The average molecular weight is 432 g/mol. The minimum Gasteiger partial charge on any atom is -0.343 e. The van der Waals surface area contributed by atoms with Gasteiger partial charge in [-0.1, -0.05) is 42.0 Å². The second-order valence-electron chi connectivity index (χ2n) is 8.52. The maximum Gasteiger partial charge on any atom is 0.297 e. The molecule has 0 amide bonds. The SMILES string of the molecule is Cc1ccc(S(=O)(=O)OC[C@H]2OC(C)(C)O[C@@H]2CN2CCc3ccccc3C2)cc1. The number of aryl methyl sites for hydroxylation is 1. The quantitative estimate of drug-likeness (QED) is 0.654. The lowest BCUT2D eigenvalue weighted by Crippen LogP contribution is -2.42. The molecular formula is C23H29NO5S. The highest BCUT2D eigenvalue weighted by Gasteiger charge is 2.43. The Balaban J connectivity index is 1.41. The van der Waals surface area contributed by atoms with E-state index < -0.39 is 22.0 Å². The van der Waals surface area contributed by atoms with E-state index in [9.17, 15) is 8.42 Å². The second-order valence-corrected chi connectivity index (χ2v) is 10.1. The largest absolute Gasteiger partial charge is 0.343 e. The zero-order valence-corrected chi connectivity index (χ0v) is 18.5. The molecule has 2 atom stereocenters. The van der Waals surface area contributed by atoms with Gasteiger partial charge in [0, 0.05) is 19.6 Å². The van der Waals surface area contributed by atoms with Crippen molar-refractivity contribution in [3.8, 4) is 0 Å². The molecule has 1 saturated heterocycles. The van der Waals surface area contributed by atoms with E-state index in [1.54, 1.807) is 24.3 Å². The van der Waals surface area contributed by atoms with Gasteiger partial charge in [-0.3, -0.25) is 9.08 Å². The number of nitrogens with zero attached hydrogens (tertiary/aromatic N) is 1. The summed E-state index contributed by atoms with van der Waals surface area (Å²) in [6, 6.07) is 15.1. The van der Waals surface area contributed by atoms with Crippen LogP contribution in [-0.2, 0) is 36.7 Å². The molecule has 1 fully saturated rings. The molecule has 0 aromatic heterocycles. The first-order valence-corrected chi connectivity index (χ1v) is 11.7. The van der Waals surface area contributed by atoms with Crippen LogP contribution < -0.4 is 0 Å². The maximum atomic E-state index is 12.6. The summed E-state index contributed by atoms with van der Waals surface area (Å²) in [4.78, 5) is 2.48. The maximum absolute atomic E-state index is 12.6. The Morgan fingerprint density at radius 1 is 1.03 bits per heavy atom. The van der Waals surface area contributed by atoms with Gasteiger partial charge in [-0.25, -0.2) is 0 Å². The van der Waals surface area contributed by atoms with Gasteiger partial charge in [0.1, 0.15) is 12.2 Å². The summed E-state index contributed by atoms with van der Waals surface area (Å²) >= 11 is 0. The lowest BCUT2D eigenvalue weighted by molar-refractivity contribution is -0.149. The van der Waals surface area contributed by atoms with Crippen molar-refractivity contribution >= 4 is 10.1 Å². The Bertz CT molecular complexity index is 987. The van der Waals surface area contributed by atoms with E-state index in [2.05, 4.69) is 29.2 Å². The number of fused-ring (bicyclic) bond motifs is 1. The predicted octanol–water partition coefficient (Wildman–Crippen LogP) is 3.28. The molecule has 6 nitrogen and oxygen atoms in total. The summed E-state index contributed by atoms with van der Waals surface area (Å²) in [5.41, 5.74) is 3.71. The van der Waals surface area contributed by atoms with Crippen LogP contribution in [0.2, 0.25) is 0 Å². The fourth-order valence-corrected chi connectivity index (χ4v) is 5.02. The van der Waals surface area contributed by atoms with Crippen molar-refractivity contribution in [3.63, 3.8) is 0 Å². The van der Waals surface area contributed by atoms with Crippen LogP contribution in [0.5, 0.6) is 0 Å². The highest BCUT2D eigenvalue weighted by molar-refractivity contribution is 7.86. The van der Waals surface area contributed by atoms with E-state index in [1.807, 2.05) is 20.8 Å². The van der Waals surface area contributed by atoms with E-state index in [-0.39, 0.29) is 17.6 Å². The smallest absolute Gasteiger partial charge is 0.297 e. The molecule has 2 aromatic carbocycles. The van der Waals surface area contributed by atoms with Crippen molar-refractivity contribution in [1.29, 1.82) is 0 Å². The van der Waals surface area contributed by atoms with Crippen LogP contribution in [0.25, 0.3) is 0 Å². The molecule has 7 heteroatoms. The Morgan fingerprint density at radius 2 is 1.70 bits per heavy atom. The molecule has 2 aromatic rings. The fraction of sp³-hybridized carbons (Fsp3) is 0.478. The minimum absolute atomic E-state index is 0.0747. The van der Waals surface area contributed by atoms with Crippen LogP contribution in [0, 0.1) is 6.92 Å². The van der Waals surface area contributed by atoms with E-state index in [0.29, 0.717) is 6.54 Å². The second kappa shape index (κ2) is 8.40. The van der Waals surface area contributed by atoms with Crippen molar-refractivity contribution < 1.29 is 22.1 Å². The van der Waals surface area contributed by atoms with Crippen molar-refractivity contribution in [3.05, 3.63) is 65.2 Å². The van der Waals surface area contributed by atoms with Crippen LogP contribution >= 0.6 is 0 Å². The fourth-order valence-electron chi connectivity index (χ4n) is 4.10. The van der Waals surface area contributed by atoms with Crippen LogP contribution in [0.3, 0.4) is 0 Å². The molecule has 30 heavy (non-hydrogen) atoms. The molecule has 0 spiro atoms. The normalized spacial score (nSPS) is 24.0. The van der Waals surface area contributed by atoms with E-state index >= 15 is 0 Å². The lowest BCUT2D eigenvalue weighted by Gasteiger charge is -2.31. The molecule has 0 unspecified atom stereocenters. The predicted molar refractivity (Wildman–Crippen MR) is 114 cm³/mol. The van der Waals surface area contributed by atoms with Gasteiger partial charge in [-0.2, -0.15) is 8.42 Å². The molecule has 0 aliphatic carbocycles. The van der Waals surface area contributed by atoms with Crippen LogP contribution in [0.15, 0.2) is 53.4 Å². The van der Waals surface area contributed by atoms with Gasteiger partial charge in [-0.05, 0) is 50.5 Å².